The third kappa shape index (κ3) is 1.91. The van der Waals surface area contributed by atoms with Gasteiger partial charge < -0.3 is 4.90 Å². The molecule has 1 fully saturated rings. The summed E-state index contributed by atoms with van der Waals surface area (Å²) in [4.78, 5) is 2.23. The summed E-state index contributed by atoms with van der Waals surface area (Å²) in [6.45, 7) is 4.14. The van der Waals surface area contributed by atoms with Crippen molar-refractivity contribution in [3.05, 3.63) is 42.6 Å². The summed E-state index contributed by atoms with van der Waals surface area (Å²) in [6, 6.07) is 7.39. The van der Waals surface area contributed by atoms with Crippen LogP contribution in [0.5, 0.6) is 0 Å². The van der Waals surface area contributed by atoms with Gasteiger partial charge in [-0.2, -0.15) is 0 Å². The van der Waals surface area contributed by atoms with Crippen LogP contribution in [0.15, 0.2) is 24.3 Å². The van der Waals surface area contributed by atoms with Gasteiger partial charge in [0.05, 0.1) is 0 Å². The van der Waals surface area contributed by atoms with Crippen LogP contribution in [0.2, 0.25) is 0 Å². The Hall–Kier alpha value is -0.890. The lowest BCUT2D eigenvalue weighted by atomic mass is 9.66. The van der Waals surface area contributed by atoms with Crippen molar-refractivity contribution in [3.8, 4) is 0 Å². The number of rotatable bonds is 2. The largest absolute Gasteiger partial charge is 0.306 e. The molecule has 3 atom stereocenters. The van der Waals surface area contributed by atoms with Crippen molar-refractivity contribution in [1.29, 1.82) is 0 Å². The SMILES string of the molecule is [CH2]C1CC(N(C)C)C1c1ccc(F)cc1. The standard InChI is InChI=1S/C13H17FN/c1-9-8-12(15(2)3)13(9)10-4-6-11(14)7-5-10/h4-7,9,12-13H,1,8H2,2-3H3. The minimum absolute atomic E-state index is 0.167. The van der Waals surface area contributed by atoms with Gasteiger partial charge in [-0.15, -0.1) is 0 Å². The van der Waals surface area contributed by atoms with Crippen molar-refractivity contribution in [1.82, 2.24) is 4.90 Å². The first-order valence-electron chi connectivity index (χ1n) is 5.34. The van der Waals surface area contributed by atoms with Gasteiger partial charge in [0.25, 0.3) is 0 Å². The fraction of sp³-hybridized carbons (Fsp3) is 0.462. The Balaban J connectivity index is 2.18. The van der Waals surface area contributed by atoms with Gasteiger partial charge >= 0.3 is 0 Å². The van der Waals surface area contributed by atoms with E-state index in [1.807, 2.05) is 12.1 Å². The van der Waals surface area contributed by atoms with E-state index in [2.05, 4.69) is 25.9 Å². The summed E-state index contributed by atoms with van der Waals surface area (Å²) in [5, 5.41) is 0. The maximum atomic E-state index is 12.8. The number of hydrogen-bond acceptors (Lipinski definition) is 1. The fourth-order valence-corrected chi connectivity index (χ4v) is 2.43. The van der Waals surface area contributed by atoms with Crippen LogP contribution >= 0.6 is 0 Å². The number of benzene rings is 1. The van der Waals surface area contributed by atoms with Crippen LogP contribution < -0.4 is 0 Å². The van der Waals surface area contributed by atoms with Crippen molar-refractivity contribution in [2.24, 2.45) is 5.92 Å². The molecule has 1 radical (unpaired) electrons. The summed E-state index contributed by atoms with van der Waals surface area (Å²) >= 11 is 0. The molecule has 1 aromatic rings. The molecule has 1 saturated carbocycles. The minimum Gasteiger partial charge on any atom is -0.306 e. The zero-order valence-electron chi connectivity index (χ0n) is 9.28. The molecule has 1 aromatic carbocycles. The smallest absolute Gasteiger partial charge is 0.123 e. The lowest BCUT2D eigenvalue weighted by Crippen LogP contribution is -2.47. The van der Waals surface area contributed by atoms with E-state index < -0.39 is 0 Å². The molecule has 2 rings (SSSR count). The molecule has 1 aliphatic rings. The summed E-state index contributed by atoms with van der Waals surface area (Å²) in [5.74, 6) is 0.753. The summed E-state index contributed by atoms with van der Waals surface area (Å²) in [7, 11) is 4.18. The van der Waals surface area contributed by atoms with E-state index in [4.69, 9.17) is 0 Å². The van der Waals surface area contributed by atoms with Crippen molar-refractivity contribution >= 4 is 0 Å². The molecule has 0 aromatic heterocycles. The quantitative estimate of drug-likeness (QED) is 0.719. The minimum atomic E-state index is -0.167. The number of halogens is 1. The Bertz CT molecular complexity index is 331. The fourth-order valence-electron chi connectivity index (χ4n) is 2.43. The molecule has 15 heavy (non-hydrogen) atoms. The van der Waals surface area contributed by atoms with Crippen LogP contribution in [0.25, 0.3) is 0 Å². The predicted molar refractivity (Wildman–Crippen MR) is 60.1 cm³/mol. The average molecular weight is 206 g/mol. The molecule has 3 unspecified atom stereocenters. The van der Waals surface area contributed by atoms with Crippen molar-refractivity contribution in [3.63, 3.8) is 0 Å². The Kier molecular flexibility index (Phi) is 2.79. The van der Waals surface area contributed by atoms with Gasteiger partial charge in [-0.3, -0.25) is 0 Å². The van der Waals surface area contributed by atoms with Gasteiger partial charge in [0.1, 0.15) is 5.82 Å². The van der Waals surface area contributed by atoms with Crippen LogP contribution in [0.4, 0.5) is 4.39 Å². The van der Waals surface area contributed by atoms with Crippen molar-refractivity contribution in [2.45, 2.75) is 18.4 Å². The summed E-state index contributed by atoms with van der Waals surface area (Å²) in [6.07, 6.45) is 1.13. The predicted octanol–water partition coefficient (Wildman–Crippen LogP) is 2.69. The van der Waals surface area contributed by atoms with Gasteiger partial charge in [-0.1, -0.05) is 12.1 Å². The number of likely N-dealkylation sites (N-methyl/N-ethyl adjacent to an activating group) is 1. The zero-order chi connectivity index (χ0) is 11.0. The maximum absolute atomic E-state index is 12.8. The second kappa shape index (κ2) is 3.93. The molecule has 0 heterocycles. The molecule has 0 bridgehead atoms. The van der Waals surface area contributed by atoms with Crippen LogP contribution in [-0.4, -0.2) is 25.0 Å². The summed E-state index contributed by atoms with van der Waals surface area (Å²) in [5.41, 5.74) is 1.21. The Morgan fingerprint density at radius 1 is 1.27 bits per heavy atom. The first-order valence-corrected chi connectivity index (χ1v) is 5.34. The highest BCUT2D eigenvalue weighted by molar-refractivity contribution is 5.26. The first-order chi connectivity index (χ1) is 7.09. The molecule has 0 N–H and O–H groups in total. The van der Waals surface area contributed by atoms with E-state index in [0.29, 0.717) is 17.9 Å². The Labute approximate surface area is 90.9 Å². The zero-order valence-corrected chi connectivity index (χ0v) is 9.28. The highest BCUT2D eigenvalue weighted by Gasteiger charge is 2.40. The van der Waals surface area contributed by atoms with E-state index in [0.717, 1.165) is 6.42 Å². The van der Waals surface area contributed by atoms with Crippen molar-refractivity contribution < 1.29 is 4.39 Å². The lowest BCUT2D eigenvalue weighted by molar-refractivity contribution is 0.112. The third-order valence-corrected chi connectivity index (χ3v) is 3.38. The Morgan fingerprint density at radius 3 is 2.33 bits per heavy atom. The first kappa shape index (κ1) is 10.6. The van der Waals surface area contributed by atoms with Gasteiger partial charge in [0.2, 0.25) is 0 Å². The van der Waals surface area contributed by atoms with E-state index in [1.54, 1.807) is 0 Å². The molecular formula is C13H17FN. The summed E-state index contributed by atoms with van der Waals surface area (Å²) < 4.78 is 12.8. The molecule has 81 valence electrons. The van der Waals surface area contributed by atoms with Crippen LogP contribution in [-0.2, 0) is 0 Å². The monoisotopic (exact) mass is 206 g/mol. The maximum Gasteiger partial charge on any atom is 0.123 e. The molecule has 1 aliphatic carbocycles. The highest BCUT2D eigenvalue weighted by atomic mass is 19.1. The van der Waals surface area contributed by atoms with Gasteiger partial charge in [-0.05, 0) is 51.1 Å². The number of nitrogens with zero attached hydrogens (tertiary/aromatic N) is 1. The lowest BCUT2D eigenvalue weighted by Gasteiger charge is -2.47. The van der Waals surface area contributed by atoms with Gasteiger partial charge in [-0.25, -0.2) is 4.39 Å². The van der Waals surface area contributed by atoms with Gasteiger partial charge in [0.15, 0.2) is 0 Å². The molecule has 0 saturated heterocycles. The molecular weight excluding hydrogens is 189 g/mol. The molecule has 2 heteroatoms. The normalized spacial score (nSPS) is 30.3. The van der Waals surface area contributed by atoms with E-state index in [1.165, 1.54) is 17.7 Å². The van der Waals surface area contributed by atoms with E-state index in [-0.39, 0.29) is 5.82 Å². The third-order valence-electron chi connectivity index (χ3n) is 3.38. The van der Waals surface area contributed by atoms with Gasteiger partial charge in [0, 0.05) is 12.0 Å². The molecule has 1 nitrogen and oxygen atoms in total. The van der Waals surface area contributed by atoms with Crippen LogP contribution in [0.1, 0.15) is 17.9 Å². The van der Waals surface area contributed by atoms with E-state index >= 15 is 0 Å². The molecule has 0 amide bonds. The van der Waals surface area contributed by atoms with Crippen LogP contribution in [0.3, 0.4) is 0 Å². The second-order valence-corrected chi connectivity index (χ2v) is 4.60. The van der Waals surface area contributed by atoms with Crippen molar-refractivity contribution in [2.75, 3.05) is 14.1 Å². The number of hydrogen-bond donors (Lipinski definition) is 0. The van der Waals surface area contributed by atoms with E-state index in [9.17, 15) is 4.39 Å². The molecule has 0 spiro atoms. The molecule has 0 aliphatic heterocycles. The van der Waals surface area contributed by atoms with Crippen LogP contribution in [0, 0.1) is 18.7 Å². The Morgan fingerprint density at radius 2 is 1.87 bits per heavy atom. The second-order valence-electron chi connectivity index (χ2n) is 4.60. The highest BCUT2D eigenvalue weighted by Crippen LogP contribution is 2.44. The topological polar surface area (TPSA) is 3.24 Å². The average Bonchev–Trinajstić information content (AvgIpc) is 2.17.